The maximum atomic E-state index is 11.6. The number of hydrogen-bond donors (Lipinski definition) is 1. The molecule has 2 heterocycles. The fraction of sp³-hybridized carbons (Fsp3) is 0.500. The monoisotopic (exact) mass is 195 g/mol. The minimum atomic E-state index is 0.286. The highest BCUT2D eigenvalue weighted by atomic mass is 32.1. The van der Waals surface area contributed by atoms with E-state index in [0.717, 1.165) is 17.8 Å². The van der Waals surface area contributed by atoms with E-state index >= 15 is 0 Å². The molecule has 1 unspecified atom stereocenters. The SMILES string of the molecule is O=C(CC1CCCN1)c1cccs1. The van der Waals surface area contributed by atoms with E-state index in [4.69, 9.17) is 0 Å². The van der Waals surface area contributed by atoms with Crippen LogP contribution in [0.5, 0.6) is 0 Å². The third-order valence-corrected chi connectivity index (χ3v) is 3.30. The quantitative estimate of drug-likeness (QED) is 0.748. The van der Waals surface area contributed by atoms with Gasteiger partial charge in [-0.2, -0.15) is 0 Å². The lowest BCUT2D eigenvalue weighted by atomic mass is 10.1. The number of hydrogen-bond acceptors (Lipinski definition) is 3. The van der Waals surface area contributed by atoms with E-state index < -0.39 is 0 Å². The summed E-state index contributed by atoms with van der Waals surface area (Å²) >= 11 is 1.54. The van der Waals surface area contributed by atoms with Crippen molar-refractivity contribution in [3.05, 3.63) is 22.4 Å². The largest absolute Gasteiger partial charge is 0.314 e. The van der Waals surface area contributed by atoms with Gasteiger partial charge >= 0.3 is 0 Å². The van der Waals surface area contributed by atoms with E-state index in [1.54, 1.807) is 0 Å². The highest BCUT2D eigenvalue weighted by Gasteiger charge is 2.18. The van der Waals surface area contributed by atoms with Gasteiger partial charge in [0.05, 0.1) is 4.88 Å². The molecule has 13 heavy (non-hydrogen) atoms. The zero-order valence-corrected chi connectivity index (χ0v) is 8.27. The first-order valence-electron chi connectivity index (χ1n) is 4.66. The Bertz CT molecular complexity index is 275. The summed E-state index contributed by atoms with van der Waals surface area (Å²) in [7, 11) is 0. The number of carbonyl (C=O) groups excluding carboxylic acids is 1. The average molecular weight is 195 g/mol. The van der Waals surface area contributed by atoms with Crippen LogP contribution in [0.4, 0.5) is 0 Å². The third kappa shape index (κ3) is 2.17. The van der Waals surface area contributed by atoms with Gasteiger partial charge in [0.1, 0.15) is 0 Å². The van der Waals surface area contributed by atoms with Crippen molar-refractivity contribution < 1.29 is 4.79 Å². The Morgan fingerprint density at radius 3 is 3.23 bits per heavy atom. The summed E-state index contributed by atoms with van der Waals surface area (Å²) in [5.74, 6) is 0.286. The molecule has 1 fully saturated rings. The second-order valence-corrected chi connectivity index (χ2v) is 4.35. The molecule has 1 aromatic heterocycles. The van der Waals surface area contributed by atoms with Crippen molar-refractivity contribution in [1.29, 1.82) is 0 Å². The topological polar surface area (TPSA) is 29.1 Å². The predicted octanol–water partition coefficient (Wildman–Crippen LogP) is 2.07. The Balaban J connectivity index is 1.91. The van der Waals surface area contributed by atoms with Gasteiger partial charge in [0.15, 0.2) is 5.78 Å². The molecule has 1 N–H and O–H groups in total. The molecule has 0 amide bonds. The van der Waals surface area contributed by atoms with Crippen molar-refractivity contribution in [2.45, 2.75) is 25.3 Å². The minimum Gasteiger partial charge on any atom is -0.314 e. The Hall–Kier alpha value is -0.670. The van der Waals surface area contributed by atoms with E-state index in [1.165, 1.54) is 17.8 Å². The number of ketones is 1. The lowest BCUT2D eigenvalue weighted by Gasteiger charge is -2.06. The smallest absolute Gasteiger partial charge is 0.174 e. The van der Waals surface area contributed by atoms with Gasteiger partial charge in [0.2, 0.25) is 0 Å². The molecule has 1 atom stereocenters. The van der Waals surface area contributed by atoms with Crippen LogP contribution in [-0.4, -0.2) is 18.4 Å². The molecule has 2 nitrogen and oxygen atoms in total. The number of thiophene rings is 1. The minimum absolute atomic E-state index is 0.286. The van der Waals surface area contributed by atoms with E-state index in [9.17, 15) is 4.79 Å². The van der Waals surface area contributed by atoms with Gasteiger partial charge in [-0.05, 0) is 30.8 Å². The lowest BCUT2D eigenvalue weighted by Crippen LogP contribution is -2.24. The lowest BCUT2D eigenvalue weighted by molar-refractivity contribution is 0.0975. The van der Waals surface area contributed by atoms with Crippen molar-refractivity contribution in [2.24, 2.45) is 0 Å². The molecule has 0 spiro atoms. The van der Waals surface area contributed by atoms with Crippen LogP contribution in [0.1, 0.15) is 28.9 Å². The zero-order valence-electron chi connectivity index (χ0n) is 7.45. The zero-order chi connectivity index (χ0) is 9.10. The van der Waals surface area contributed by atoms with E-state index in [1.807, 2.05) is 17.5 Å². The van der Waals surface area contributed by atoms with Crippen LogP contribution in [0.15, 0.2) is 17.5 Å². The van der Waals surface area contributed by atoms with E-state index in [-0.39, 0.29) is 5.78 Å². The average Bonchev–Trinajstić information content (AvgIpc) is 2.74. The summed E-state index contributed by atoms with van der Waals surface area (Å²) < 4.78 is 0. The predicted molar refractivity (Wildman–Crippen MR) is 54.3 cm³/mol. The van der Waals surface area contributed by atoms with E-state index in [0.29, 0.717) is 12.5 Å². The molecule has 0 aromatic carbocycles. The van der Waals surface area contributed by atoms with Crippen molar-refractivity contribution in [3.63, 3.8) is 0 Å². The number of Topliss-reactive ketones (excluding diaryl/α,β-unsaturated/α-hetero) is 1. The summed E-state index contributed by atoms with van der Waals surface area (Å²) in [5, 5.41) is 5.29. The summed E-state index contributed by atoms with van der Waals surface area (Å²) in [6.45, 7) is 1.07. The van der Waals surface area contributed by atoms with Crippen molar-refractivity contribution >= 4 is 17.1 Å². The van der Waals surface area contributed by atoms with Gasteiger partial charge in [-0.15, -0.1) is 11.3 Å². The number of carbonyl (C=O) groups is 1. The molecule has 1 saturated heterocycles. The Morgan fingerprint density at radius 2 is 2.62 bits per heavy atom. The maximum Gasteiger partial charge on any atom is 0.174 e. The Labute approximate surface area is 82.0 Å². The second-order valence-electron chi connectivity index (χ2n) is 3.40. The number of nitrogens with one attached hydrogen (secondary N) is 1. The fourth-order valence-corrected chi connectivity index (χ4v) is 2.37. The first-order chi connectivity index (χ1) is 6.36. The molecule has 0 aliphatic carbocycles. The molecule has 0 radical (unpaired) electrons. The van der Waals surface area contributed by atoms with Gasteiger partial charge in [0.25, 0.3) is 0 Å². The van der Waals surface area contributed by atoms with Gasteiger partial charge in [-0.1, -0.05) is 6.07 Å². The molecule has 3 heteroatoms. The highest BCUT2D eigenvalue weighted by Crippen LogP contribution is 2.16. The third-order valence-electron chi connectivity index (χ3n) is 2.39. The number of rotatable bonds is 3. The molecule has 1 aromatic rings. The molecule has 1 aliphatic rings. The summed E-state index contributed by atoms with van der Waals surface area (Å²) in [6.07, 6.45) is 3.03. The normalized spacial score (nSPS) is 22.0. The molecule has 0 saturated carbocycles. The van der Waals surface area contributed by atoms with Gasteiger partial charge < -0.3 is 5.32 Å². The van der Waals surface area contributed by atoms with Crippen LogP contribution in [0.25, 0.3) is 0 Å². The van der Waals surface area contributed by atoms with Gasteiger partial charge in [-0.25, -0.2) is 0 Å². The standard InChI is InChI=1S/C10H13NOS/c12-9(10-4-2-6-13-10)7-8-3-1-5-11-8/h2,4,6,8,11H,1,3,5,7H2. The van der Waals surface area contributed by atoms with Crippen LogP contribution >= 0.6 is 11.3 Å². The van der Waals surface area contributed by atoms with Gasteiger partial charge in [0, 0.05) is 12.5 Å². The van der Waals surface area contributed by atoms with Gasteiger partial charge in [-0.3, -0.25) is 4.79 Å². The van der Waals surface area contributed by atoms with Crippen molar-refractivity contribution in [3.8, 4) is 0 Å². The van der Waals surface area contributed by atoms with Crippen LogP contribution in [0.2, 0.25) is 0 Å². The Kier molecular flexibility index (Phi) is 2.76. The molecule has 1 aliphatic heterocycles. The van der Waals surface area contributed by atoms with E-state index in [2.05, 4.69) is 5.32 Å². The first kappa shape index (κ1) is 8.91. The second kappa shape index (κ2) is 4.03. The van der Waals surface area contributed by atoms with Crippen LogP contribution in [-0.2, 0) is 0 Å². The highest BCUT2D eigenvalue weighted by molar-refractivity contribution is 7.12. The van der Waals surface area contributed by atoms with Crippen LogP contribution in [0, 0.1) is 0 Å². The maximum absolute atomic E-state index is 11.6. The molecule has 2 rings (SSSR count). The van der Waals surface area contributed by atoms with Crippen molar-refractivity contribution in [1.82, 2.24) is 5.32 Å². The summed E-state index contributed by atoms with van der Waals surface area (Å²) in [5.41, 5.74) is 0. The fourth-order valence-electron chi connectivity index (χ4n) is 1.69. The van der Waals surface area contributed by atoms with Crippen LogP contribution < -0.4 is 5.32 Å². The molecular formula is C10H13NOS. The van der Waals surface area contributed by atoms with Crippen molar-refractivity contribution in [2.75, 3.05) is 6.54 Å². The molecule has 70 valence electrons. The summed E-state index contributed by atoms with van der Waals surface area (Å²) in [6, 6.07) is 4.26. The van der Waals surface area contributed by atoms with Crippen LogP contribution in [0.3, 0.4) is 0 Å². The first-order valence-corrected chi connectivity index (χ1v) is 5.54. The Morgan fingerprint density at radius 1 is 1.69 bits per heavy atom. The molecule has 0 bridgehead atoms. The summed E-state index contributed by atoms with van der Waals surface area (Å²) in [4.78, 5) is 12.5. The molecular weight excluding hydrogens is 182 g/mol.